The molecular formula is C19H39N5O2S. The fourth-order valence-corrected chi connectivity index (χ4v) is 4.51. The van der Waals surface area contributed by atoms with Gasteiger partial charge in [0.15, 0.2) is 5.96 Å². The van der Waals surface area contributed by atoms with Crippen molar-refractivity contribution >= 4 is 16.0 Å². The van der Waals surface area contributed by atoms with Crippen molar-refractivity contribution in [3.8, 4) is 0 Å². The Hall–Kier alpha value is -0.860. The van der Waals surface area contributed by atoms with E-state index in [9.17, 15) is 8.42 Å². The van der Waals surface area contributed by atoms with Gasteiger partial charge in [0.05, 0.1) is 5.75 Å². The molecule has 8 heteroatoms. The Morgan fingerprint density at radius 1 is 1.07 bits per heavy atom. The number of aliphatic imine (C=N–C) groups is 1. The van der Waals surface area contributed by atoms with E-state index >= 15 is 0 Å². The SMILES string of the molecule is CCNC(=NCCCN1CCCCCC1)NCCS(=O)(=O)NCC1CCC1. The fourth-order valence-electron chi connectivity index (χ4n) is 3.50. The molecule has 0 bridgehead atoms. The first kappa shape index (κ1) is 22.4. The summed E-state index contributed by atoms with van der Waals surface area (Å²) in [7, 11) is -3.21. The van der Waals surface area contributed by atoms with E-state index in [-0.39, 0.29) is 5.75 Å². The molecule has 1 saturated carbocycles. The van der Waals surface area contributed by atoms with Gasteiger partial charge in [-0.3, -0.25) is 4.99 Å². The zero-order chi connectivity index (χ0) is 19.4. The van der Waals surface area contributed by atoms with Crippen LogP contribution in [-0.2, 0) is 10.0 Å². The minimum absolute atomic E-state index is 0.0813. The average Bonchev–Trinajstić information content (AvgIpc) is 2.86. The summed E-state index contributed by atoms with van der Waals surface area (Å²) in [6.07, 6.45) is 9.92. The van der Waals surface area contributed by atoms with E-state index in [1.165, 1.54) is 45.2 Å². The lowest BCUT2D eigenvalue weighted by Crippen LogP contribution is -2.42. The summed E-state index contributed by atoms with van der Waals surface area (Å²) in [4.78, 5) is 7.13. The summed E-state index contributed by atoms with van der Waals surface area (Å²) in [5.74, 6) is 1.33. The van der Waals surface area contributed by atoms with E-state index in [2.05, 4.69) is 25.2 Å². The zero-order valence-corrected chi connectivity index (χ0v) is 17.8. The number of hydrogen-bond acceptors (Lipinski definition) is 4. The number of sulfonamides is 1. The predicted octanol–water partition coefficient (Wildman–Crippen LogP) is 1.53. The third-order valence-electron chi connectivity index (χ3n) is 5.43. The lowest BCUT2D eigenvalue weighted by Gasteiger charge is -2.25. The van der Waals surface area contributed by atoms with Gasteiger partial charge < -0.3 is 15.5 Å². The molecule has 158 valence electrons. The second-order valence-electron chi connectivity index (χ2n) is 7.76. The molecule has 0 spiro atoms. The molecule has 2 rings (SSSR count). The third kappa shape index (κ3) is 9.76. The van der Waals surface area contributed by atoms with Crippen LogP contribution >= 0.6 is 0 Å². The highest BCUT2D eigenvalue weighted by molar-refractivity contribution is 7.89. The minimum Gasteiger partial charge on any atom is -0.357 e. The molecule has 2 aliphatic rings. The van der Waals surface area contributed by atoms with Gasteiger partial charge in [-0.2, -0.15) is 0 Å². The monoisotopic (exact) mass is 401 g/mol. The van der Waals surface area contributed by atoms with Crippen molar-refractivity contribution in [2.45, 2.75) is 58.3 Å². The molecule has 0 aromatic carbocycles. The average molecular weight is 402 g/mol. The molecule has 27 heavy (non-hydrogen) atoms. The Balaban J connectivity index is 1.63. The summed E-state index contributed by atoms with van der Waals surface area (Å²) < 4.78 is 26.8. The molecule has 0 aromatic rings. The van der Waals surface area contributed by atoms with Gasteiger partial charge in [-0.05, 0) is 64.6 Å². The fraction of sp³-hybridized carbons (Fsp3) is 0.947. The zero-order valence-electron chi connectivity index (χ0n) is 17.0. The Bertz CT molecular complexity index is 526. The Morgan fingerprint density at radius 2 is 1.81 bits per heavy atom. The Labute approximate surface area is 165 Å². The summed E-state index contributed by atoms with van der Waals surface area (Å²) in [5.41, 5.74) is 0. The normalized spacial score (nSPS) is 20.1. The molecule has 1 aliphatic heterocycles. The molecule has 0 aromatic heterocycles. The maximum atomic E-state index is 12.1. The third-order valence-corrected chi connectivity index (χ3v) is 6.77. The van der Waals surface area contributed by atoms with Crippen LogP contribution in [-0.4, -0.2) is 70.8 Å². The van der Waals surface area contributed by atoms with Crippen molar-refractivity contribution in [3.05, 3.63) is 0 Å². The van der Waals surface area contributed by atoms with E-state index < -0.39 is 10.0 Å². The largest absolute Gasteiger partial charge is 0.357 e. The van der Waals surface area contributed by atoms with E-state index in [0.29, 0.717) is 25.0 Å². The molecule has 7 nitrogen and oxygen atoms in total. The van der Waals surface area contributed by atoms with Crippen LogP contribution in [0.15, 0.2) is 4.99 Å². The van der Waals surface area contributed by atoms with Crippen LogP contribution in [0.4, 0.5) is 0 Å². The van der Waals surface area contributed by atoms with Crippen LogP contribution in [0.1, 0.15) is 58.3 Å². The number of nitrogens with zero attached hydrogens (tertiary/aromatic N) is 2. The van der Waals surface area contributed by atoms with Crippen molar-refractivity contribution in [2.24, 2.45) is 10.9 Å². The maximum Gasteiger partial charge on any atom is 0.213 e. The first-order valence-electron chi connectivity index (χ1n) is 10.8. The highest BCUT2D eigenvalue weighted by Crippen LogP contribution is 2.25. The number of hydrogen-bond donors (Lipinski definition) is 3. The predicted molar refractivity (Wildman–Crippen MR) is 113 cm³/mol. The van der Waals surface area contributed by atoms with Crippen LogP contribution in [0.25, 0.3) is 0 Å². The van der Waals surface area contributed by atoms with Gasteiger partial charge in [0.2, 0.25) is 10.0 Å². The van der Waals surface area contributed by atoms with Crippen LogP contribution in [0.2, 0.25) is 0 Å². The minimum atomic E-state index is -3.21. The molecule has 0 atom stereocenters. The summed E-state index contributed by atoms with van der Waals surface area (Å²) in [6.45, 7) is 8.04. The van der Waals surface area contributed by atoms with Crippen LogP contribution < -0.4 is 15.4 Å². The Morgan fingerprint density at radius 3 is 2.44 bits per heavy atom. The van der Waals surface area contributed by atoms with Crippen molar-refractivity contribution in [1.29, 1.82) is 0 Å². The van der Waals surface area contributed by atoms with Gasteiger partial charge in [-0.1, -0.05) is 19.3 Å². The van der Waals surface area contributed by atoms with Gasteiger partial charge >= 0.3 is 0 Å². The molecule has 1 aliphatic carbocycles. The van der Waals surface area contributed by atoms with Gasteiger partial charge in [-0.25, -0.2) is 13.1 Å². The van der Waals surface area contributed by atoms with E-state index in [4.69, 9.17) is 0 Å². The first-order chi connectivity index (χ1) is 13.1. The van der Waals surface area contributed by atoms with Crippen molar-refractivity contribution < 1.29 is 8.42 Å². The van der Waals surface area contributed by atoms with Crippen molar-refractivity contribution in [3.63, 3.8) is 0 Å². The van der Waals surface area contributed by atoms with Crippen molar-refractivity contribution in [1.82, 2.24) is 20.3 Å². The molecule has 2 fully saturated rings. The molecule has 0 radical (unpaired) electrons. The second-order valence-corrected chi connectivity index (χ2v) is 9.69. The van der Waals surface area contributed by atoms with Crippen LogP contribution in [0.5, 0.6) is 0 Å². The van der Waals surface area contributed by atoms with E-state index in [0.717, 1.165) is 38.9 Å². The first-order valence-corrected chi connectivity index (χ1v) is 12.5. The highest BCUT2D eigenvalue weighted by Gasteiger charge is 2.20. The van der Waals surface area contributed by atoms with Gasteiger partial charge in [0.1, 0.15) is 0 Å². The lowest BCUT2D eigenvalue weighted by atomic mass is 9.86. The van der Waals surface area contributed by atoms with Gasteiger partial charge in [0.25, 0.3) is 0 Å². The second kappa shape index (κ2) is 12.6. The lowest BCUT2D eigenvalue weighted by molar-refractivity contribution is 0.283. The standard InChI is InChI=1S/C19H39N5O2S/c1-2-20-19(21-11-8-15-24-13-5-3-4-6-14-24)22-12-16-27(25,26)23-17-18-9-7-10-18/h18,23H,2-17H2,1H3,(H2,20,21,22). The maximum absolute atomic E-state index is 12.1. The van der Waals surface area contributed by atoms with Crippen LogP contribution in [0, 0.1) is 5.92 Å². The molecule has 3 N–H and O–H groups in total. The van der Waals surface area contributed by atoms with Crippen molar-refractivity contribution in [2.75, 3.05) is 51.6 Å². The quantitative estimate of drug-likeness (QED) is 0.278. The summed E-state index contributed by atoms with van der Waals surface area (Å²) in [6, 6.07) is 0. The Kier molecular flexibility index (Phi) is 10.4. The molecule has 0 amide bonds. The number of nitrogens with one attached hydrogen (secondary N) is 3. The van der Waals surface area contributed by atoms with Gasteiger partial charge in [0, 0.05) is 26.2 Å². The molecule has 0 unspecified atom stereocenters. The number of guanidine groups is 1. The van der Waals surface area contributed by atoms with E-state index in [1.807, 2.05) is 6.92 Å². The smallest absolute Gasteiger partial charge is 0.213 e. The summed E-state index contributed by atoms with van der Waals surface area (Å²) in [5, 5.41) is 6.34. The van der Waals surface area contributed by atoms with Crippen LogP contribution in [0.3, 0.4) is 0 Å². The summed E-state index contributed by atoms with van der Waals surface area (Å²) >= 11 is 0. The highest BCUT2D eigenvalue weighted by atomic mass is 32.2. The molecule has 1 saturated heterocycles. The van der Waals surface area contributed by atoms with Gasteiger partial charge in [-0.15, -0.1) is 0 Å². The molecular weight excluding hydrogens is 362 g/mol. The topological polar surface area (TPSA) is 85.8 Å². The molecule has 1 heterocycles. The number of rotatable bonds is 11. The number of likely N-dealkylation sites (tertiary alicyclic amines) is 1. The van der Waals surface area contributed by atoms with E-state index in [1.54, 1.807) is 0 Å².